The molecule has 5 heteroatoms. The fourth-order valence-electron chi connectivity index (χ4n) is 0.0913. The third-order valence-electron chi connectivity index (χ3n) is 0.514. The van der Waals surface area contributed by atoms with Gasteiger partial charge in [0.1, 0.15) is 0 Å². The predicted octanol–water partition coefficient (Wildman–Crippen LogP) is -0.679. The summed E-state index contributed by atoms with van der Waals surface area (Å²) in [6, 6.07) is 0. The number of nitrogens with one attached hydrogen (secondary N) is 1. The summed E-state index contributed by atoms with van der Waals surface area (Å²) in [7, 11) is -1.26. The van der Waals surface area contributed by atoms with E-state index in [2.05, 4.69) is 4.52 Å². The lowest BCUT2D eigenvalue weighted by Crippen LogP contribution is -2.15. The van der Waals surface area contributed by atoms with Gasteiger partial charge >= 0.3 is 0 Å². The molecule has 0 saturated carbocycles. The number of rotatable bonds is 2. The molecular weight excluding hydrogens is 117 g/mol. The summed E-state index contributed by atoms with van der Waals surface area (Å²) >= 11 is 0. The Hall–Kier alpha value is 0.110. The first-order valence-electron chi connectivity index (χ1n) is 1.68. The Morgan fingerprint density at radius 1 is 1.86 bits per heavy atom. The molecule has 0 aliphatic rings. The smallest absolute Gasteiger partial charge is 0.203 e. The van der Waals surface area contributed by atoms with Crippen LogP contribution in [0.25, 0.3) is 0 Å². The Bertz CT molecular complexity index is 84.9. The van der Waals surface area contributed by atoms with Crippen molar-refractivity contribution in [3.63, 3.8) is 0 Å². The first-order chi connectivity index (χ1) is 3.12. The molecule has 0 aliphatic heterocycles. The van der Waals surface area contributed by atoms with E-state index in [0.29, 0.717) is 0 Å². The van der Waals surface area contributed by atoms with E-state index in [9.17, 15) is 9.46 Å². The second kappa shape index (κ2) is 2.43. The Kier molecular flexibility index (Phi) is 2.46. The van der Waals surface area contributed by atoms with Crippen molar-refractivity contribution in [1.29, 1.82) is 0 Å². The molecule has 1 atom stereocenters. The molecular formula is C2H7NO3P-. The molecule has 0 aromatic heterocycles. The average molecular weight is 124 g/mol. The topological polar surface area (TPSA) is 61.4 Å². The van der Waals surface area contributed by atoms with Gasteiger partial charge in [0.15, 0.2) is 0 Å². The second-order valence-corrected chi connectivity index (χ2v) is 2.71. The first-order valence-corrected chi connectivity index (χ1v) is 3.22. The lowest BCUT2D eigenvalue weighted by molar-refractivity contribution is -0.199. The highest BCUT2D eigenvalue weighted by Gasteiger charge is 1.95. The highest BCUT2D eigenvalue weighted by Crippen LogP contribution is 2.27. The standard InChI is InChI=1S/C2H8NO3P/c1-3-7(4,5)6-2/h1-2H3,(H2,3,4,5)/p-1. The zero-order chi connectivity index (χ0) is 5.91. The Labute approximate surface area is 42.1 Å². The van der Waals surface area contributed by atoms with Crippen LogP contribution < -0.4 is 9.98 Å². The van der Waals surface area contributed by atoms with Crippen LogP contribution in [-0.4, -0.2) is 14.2 Å². The lowest BCUT2D eigenvalue weighted by Gasteiger charge is -2.17. The Balaban J connectivity index is 3.61. The van der Waals surface area contributed by atoms with Gasteiger partial charge < -0.3 is 9.42 Å². The summed E-state index contributed by atoms with van der Waals surface area (Å²) in [6.45, 7) is 0. The fraction of sp³-hybridized carbons (Fsp3) is 1.00. The van der Waals surface area contributed by atoms with Gasteiger partial charge in [0.2, 0.25) is 7.75 Å². The lowest BCUT2D eigenvalue weighted by atomic mass is 11.6. The summed E-state index contributed by atoms with van der Waals surface area (Å²) in [5.41, 5.74) is 0. The molecule has 0 amide bonds. The van der Waals surface area contributed by atoms with Crippen molar-refractivity contribution >= 4 is 7.75 Å². The van der Waals surface area contributed by atoms with Crippen LogP contribution in [0.15, 0.2) is 0 Å². The molecule has 1 N–H and O–H groups in total. The highest BCUT2D eigenvalue weighted by molar-refractivity contribution is 7.49. The summed E-state index contributed by atoms with van der Waals surface area (Å²) in [5, 5.41) is 1.97. The summed E-state index contributed by atoms with van der Waals surface area (Å²) in [4.78, 5) is 10.1. The van der Waals surface area contributed by atoms with Gasteiger partial charge in [-0.05, 0) is 7.05 Å². The van der Waals surface area contributed by atoms with Gasteiger partial charge in [0, 0.05) is 7.11 Å². The molecule has 0 heterocycles. The molecule has 0 saturated heterocycles. The van der Waals surface area contributed by atoms with E-state index >= 15 is 0 Å². The SMILES string of the molecule is CNP(=O)([O-])OC. The van der Waals surface area contributed by atoms with Crippen LogP contribution in [0.2, 0.25) is 0 Å². The number of hydrogen-bond donors (Lipinski definition) is 1. The third-order valence-corrected chi connectivity index (χ3v) is 1.54. The van der Waals surface area contributed by atoms with Crippen LogP contribution in [-0.2, 0) is 9.09 Å². The molecule has 0 aromatic carbocycles. The van der Waals surface area contributed by atoms with Crippen molar-refractivity contribution in [3.8, 4) is 0 Å². The van der Waals surface area contributed by atoms with E-state index in [4.69, 9.17) is 0 Å². The van der Waals surface area contributed by atoms with Crippen LogP contribution in [0.4, 0.5) is 0 Å². The molecule has 44 valence electrons. The van der Waals surface area contributed by atoms with Crippen molar-refractivity contribution in [2.45, 2.75) is 0 Å². The monoisotopic (exact) mass is 124 g/mol. The van der Waals surface area contributed by atoms with Crippen LogP contribution in [0.3, 0.4) is 0 Å². The summed E-state index contributed by atoms with van der Waals surface area (Å²) in [5.74, 6) is 0. The van der Waals surface area contributed by atoms with Crippen LogP contribution in [0, 0.1) is 0 Å². The van der Waals surface area contributed by atoms with Crippen molar-refractivity contribution in [1.82, 2.24) is 5.09 Å². The fourth-order valence-corrected chi connectivity index (χ4v) is 0.274. The second-order valence-electron chi connectivity index (χ2n) is 0.904. The van der Waals surface area contributed by atoms with E-state index in [1.807, 2.05) is 5.09 Å². The Morgan fingerprint density at radius 2 is 2.29 bits per heavy atom. The van der Waals surface area contributed by atoms with Gasteiger partial charge in [0.25, 0.3) is 0 Å². The normalized spacial score (nSPS) is 18.7. The van der Waals surface area contributed by atoms with Gasteiger partial charge in [0.05, 0.1) is 0 Å². The molecule has 1 unspecified atom stereocenters. The maximum atomic E-state index is 10.1. The summed E-state index contributed by atoms with van der Waals surface area (Å²) in [6.07, 6.45) is 0. The minimum atomic E-state index is -3.65. The molecule has 0 aliphatic carbocycles. The zero-order valence-corrected chi connectivity index (χ0v) is 5.07. The Morgan fingerprint density at radius 3 is 2.29 bits per heavy atom. The van der Waals surface area contributed by atoms with E-state index < -0.39 is 7.75 Å². The van der Waals surface area contributed by atoms with Gasteiger partial charge in [-0.2, -0.15) is 0 Å². The van der Waals surface area contributed by atoms with Crippen molar-refractivity contribution in [3.05, 3.63) is 0 Å². The molecule has 0 bridgehead atoms. The molecule has 0 spiro atoms. The highest BCUT2D eigenvalue weighted by atomic mass is 31.2. The van der Waals surface area contributed by atoms with Gasteiger partial charge in [-0.1, -0.05) is 0 Å². The zero-order valence-electron chi connectivity index (χ0n) is 4.17. The molecule has 0 rings (SSSR count). The van der Waals surface area contributed by atoms with Crippen molar-refractivity contribution in [2.75, 3.05) is 14.2 Å². The van der Waals surface area contributed by atoms with Gasteiger partial charge in [-0.3, -0.25) is 9.65 Å². The van der Waals surface area contributed by atoms with Crippen LogP contribution >= 0.6 is 7.75 Å². The van der Waals surface area contributed by atoms with Gasteiger partial charge in [-0.25, -0.2) is 0 Å². The predicted molar refractivity (Wildman–Crippen MR) is 23.7 cm³/mol. The summed E-state index contributed by atoms with van der Waals surface area (Å²) < 4.78 is 14.0. The minimum absolute atomic E-state index is 1.10. The van der Waals surface area contributed by atoms with Crippen LogP contribution in [0.1, 0.15) is 0 Å². The molecule has 0 aromatic rings. The first kappa shape index (κ1) is 7.11. The minimum Gasteiger partial charge on any atom is -0.766 e. The van der Waals surface area contributed by atoms with Crippen molar-refractivity contribution in [2.24, 2.45) is 0 Å². The van der Waals surface area contributed by atoms with E-state index in [-0.39, 0.29) is 0 Å². The molecule has 7 heavy (non-hydrogen) atoms. The molecule has 0 radical (unpaired) electrons. The number of hydrogen-bond acceptors (Lipinski definition) is 3. The molecule has 4 nitrogen and oxygen atoms in total. The van der Waals surface area contributed by atoms with Crippen LogP contribution in [0.5, 0.6) is 0 Å². The largest absolute Gasteiger partial charge is 0.766 e. The van der Waals surface area contributed by atoms with E-state index in [1.54, 1.807) is 0 Å². The third kappa shape index (κ3) is 2.76. The maximum Gasteiger partial charge on any atom is 0.203 e. The van der Waals surface area contributed by atoms with E-state index in [0.717, 1.165) is 7.11 Å². The van der Waals surface area contributed by atoms with Gasteiger partial charge in [-0.15, -0.1) is 0 Å². The molecule has 0 fully saturated rings. The maximum absolute atomic E-state index is 10.1. The average Bonchev–Trinajstić information content (AvgIpc) is 1.68. The quantitative estimate of drug-likeness (QED) is 0.495. The van der Waals surface area contributed by atoms with Crippen molar-refractivity contribution < 1.29 is 14.0 Å². The van der Waals surface area contributed by atoms with E-state index in [1.165, 1.54) is 7.05 Å².